The summed E-state index contributed by atoms with van der Waals surface area (Å²) >= 11 is 1.84. The maximum Gasteiger partial charge on any atom is 0.0545 e. The summed E-state index contributed by atoms with van der Waals surface area (Å²) in [4.78, 5) is 2.54. The molecule has 0 radical (unpaired) electrons. The van der Waals surface area contributed by atoms with Gasteiger partial charge in [-0.25, -0.2) is 0 Å². The van der Waals surface area contributed by atoms with Crippen LogP contribution in [0.4, 0.5) is 0 Å². The number of hydrogen-bond donors (Lipinski definition) is 1. The van der Waals surface area contributed by atoms with Crippen molar-refractivity contribution in [1.82, 2.24) is 4.90 Å². The van der Waals surface area contributed by atoms with Crippen molar-refractivity contribution in [3.63, 3.8) is 0 Å². The highest BCUT2D eigenvalue weighted by Crippen LogP contribution is 2.22. The van der Waals surface area contributed by atoms with E-state index < -0.39 is 0 Å². The largest absolute Gasteiger partial charge is 0.327 e. The highest BCUT2D eigenvalue weighted by Gasteiger charge is 2.29. The molecule has 0 aliphatic carbocycles. The van der Waals surface area contributed by atoms with E-state index in [0.717, 1.165) is 31.0 Å². The Morgan fingerprint density at radius 3 is 2.93 bits per heavy atom. The molecule has 1 aliphatic heterocycles. The van der Waals surface area contributed by atoms with E-state index in [2.05, 4.69) is 24.7 Å². The Hall–Kier alpha value is -0.170. The molecule has 3 unspecified atom stereocenters. The minimum absolute atomic E-state index is 0.384. The van der Waals surface area contributed by atoms with Crippen molar-refractivity contribution in [2.75, 3.05) is 24.6 Å². The number of nitrogens with zero attached hydrogens (tertiary/aromatic N) is 1. The fraction of sp³-hybridized carbons (Fsp3) is 0.833. The average molecular weight is 226 g/mol. The van der Waals surface area contributed by atoms with Gasteiger partial charge in [-0.15, -0.1) is 18.2 Å². The summed E-state index contributed by atoms with van der Waals surface area (Å²) in [5, 5.41) is 0. The van der Waals surface area contributed by atoms with Gasteiger partial charge in [0.05, 0.1) is 5.75 Å². The van der Waals surface area contributed by atoms with Crippen LogP contribution < -0.4 is 5.73 Å². The van der Waals surface area contributed by atoms with Crippen molar-refractivity contribution in [2.45, 2.75) is 32.4 Å². The van der Waals surface area contributed by atoms with Crippen LogP contribution in [0.15, 0.2) is 0 Å². The number of piperidine rings is 1. The predicted octanol–water partition coefficient (Wildman–Crippen LogP) is 1.41. The third-order valence-electron chi connectivity index (χ3n) is 3.47. The number of likely N-dealkylation sites (tertiary alicyclic amines) is 1. The van der Waals surface area contributed by atoms with Crippen LogP contribution in [0.2, 0.25) is 0 Å². The molecular weight excluding hydrogens is 204 g/mol. The van der Waals surface area contributed by atoms with E-state index >= 15 is 0 Å². The Labute approximate surface area is 98.0 Å². The van der Waals surface area contributed by atoms with Gasteiger partial charge in [0.1, 0.15) is 0 Å². The second-order valence-electron chi connectivity index (χ2n) is 4.34. The number of nitrogens with two attached hydrogens (primary N) is 1. The van der Waals surface area contributed by atoms with Gasteiger partial charge in [-0.3, -0.25) is 4.90 Å². The van der Waals surface area contributed by atoms with Crippen LogP contribution >= 0.6 is 11.8 Å². The lowest BCUT2D eigenvalue weighted by Gasteiger charge is -2.41. The second kappa shape index (κ2) is 6.42. The summed E-state index contributed by atoms with van der Waals surface area (Å²) < 4.78 is 0. The van der Waals surface area contributed by atoms with E-state index in [9.17, 15) is 0 Å². The van der Waals surface area contributed by atoms with Crippen molar-refractivity contribution in [2.24, 2.45) is 11.7 Å². The lowest BCUT2D eigenvalue weighted by atomic mass is 9.88. The van der Waals surface area contributed by atoms with Crippen molar-refractivity contribution in [3.8, 4) is 12.3 Å². The van der Waals surface area contributed by atoms with Crippen molar-refractivity contribution in [3.05, 3.63) is 0 Å². The standard InChI is InChI=1S/C12H22N2S/c1-4-8-15-9-7-14-6-5-12(13)10(2)11(14)3/h1,10-12H,5-9,13H2,2-3H3. The maximum atomic E-state index is 6.05. The normalized spacial score (nSPS) is 32.5. The Balaban J connectivity index is 2.27. The fourth-order valence-electron chi connectivity index (χ4n) is 2.10. The summed E-state index contributed by atoms with van der Waals surface area (Å²) in [5.41, 5.74) is 6.05. The van der Waals surface area contributed by atoms with Crippen molar-refractivity contribution < 1.29 is 0 Å². The molecule has 0 spiro atoms. The molecule has 2 N–H and O–H groups in total. The molecule has 2 nitrogen and oxygen atoms in total. The van der Waals surface area contributed by atoms with Gasteiger partial charge < -0.3 is 5.73 Å². The quantitative estimate of drug-likeness (QED) is 0.580. The van der Waals surface area contributed by atoms with E-state index in [0.29, 0.717) is 18.0 Å². The molecule has 0 aromatic heterocycles. The summed E-state index contributed by atoms with van der Waals surface area (Å²) in [6.45, 7) is 6.83. The first kappa shape index (κ1) is 12.9. The zero-order chi connectivity index (χ0) is 11.3. The topological polar surface area (TPSA) is 29.3 Å². The van der Waals surface area contributed by atoms with Gasteiger partial charge >= 0.3 is 0 Å². The van der Waals surface area contributed by atoms with Gasteiger partial charge in [0, 0.05) is 24.4 Å². The van der Waals surface area contributed by atoms with Gasteiger partial charge in [0.25, 0.3) is 0 Å². The first-order valence-corrected chi connectivity index (χ1v) is 6.83. The smallest absolute Gasteiger partial charge is 0.0545 e. The lowest BCUT2D eigenvalue weighted by molar-refractivity contribution is 0.105. The number of rotatable bonds is 4. The van der Waals surface area contributed by atoms with Crippen molar-refractivity contribution in [1.29, 1.82) is 0 Å². The maximum absolute atomic E-state index is 6.05. The van der Waals surface area contributed by atoms with Gasteiger partial charge in [-0.1, -0.05) is 12.8 Å². The van der Waals surface area contributed by atoms with E-state index in [1.54, 1.807) is 0 Å². The summed E-state index contributed by atoms with van der Waals surface area (Å²) in [5.74, 6) is 5.23. The summed E-state index contributed by atoms with van der Waals surface area (Å²) in [6.07, 6.45) is 6.34. The molecule has 0 aromatic carbocycles. The van der Waals surface area contributed by atoms with Crippen molar-refractivity contribution >= 4 is 11.8 Å². The summed E-state index contributed by atoms with van der Waals surface area (Å²) in [6, 6.07) is 0.995. The molecule has 1 saturated heterocycles. The molecule has 1 aliphatic rings. The molecule has 3 heteroatoms. The van der Waals surface area contributed by atoms with Crippen LogP contribution in [0, 0.1) is 18.3 Å². The number of terminal acetylenes is 1. The average Bonchev–Trinajstić information content (AvgIpc) is 2.24. The SMILES string of the molecule is C#CCSCCN1CCC(N)C(C)C1C. The second-order valence-corrected chi connectivity index (χ2v) is 5.45. The molecule has 1 fully saturated rings. The van der Waals surface area contributed by atoms with Crippen LogP contribution in [0.1, 0.15) is 20.3 Å². The number of hydrogen-bond acceptors (Lipinski definition) is 3. The first-order valence-electron chi connectivity index (χ1n) is 5.67. The van der Waals surface area contributed by atoms with E-state index in [1.165, 1.54) is 0 Å². The molecule has 0 saturated carbocycles. The van der Waals surface area contributed by atoms with Crippen LogP contribution in [0.25, 0.3) is 0 Å². The van der Waals surface area contributed by atoms with Gasteiger partial charge in [-0.05, 0) is 25.8 Å². The minimum atomic E-state index is 0.384. The van der Waals surface area contributed by atoms with Gasteiger partial charge in [0.2, 0.25) is 0 Å². The minimum Gasteiger partial charge on any atom is -0.327 e. The third kappa shape index (κ3) is 3.71. The zero-order valence-corrected chi connectivity index (χ0v) is 10.6. The molecule has 0 aromatic rings. The zero-order valence-electron chi connectivity index (χ0n) is 9.78. The summed E-state index contributed by atoms with van der Waals surface area (Å²) in [7, 11) is 0. The molecule has 1 heterocycles. The molecule has 0 bridgehead atoms. The predicted molar refractivity (Wildman–Crippen MR) is 68.9 cm³/mol. The van der Waals surface area contributed by atoms with Crippen LogP contribution in [0.3, 0.4) is 0 Å². The Bertz CT molecular complexity index is 224. The number of thioether (sulfide) groups is 1. The Morgan fingerprint density at radius 1 is 1.53 bits per heavy atom. The Morgan fingerprint density at radius 2 is 2.27 bits per heavy atom. The Kier molecular flexibility index (Phi) is 5.52. The first-order chi connectivity index (χ1) is 7.16. The highest BCUT2D eigenvalue weighted by atomic mass is 32.2. The van der Waals surface area contributed by atoms with Crippen LogP contribution in [-0.4, -0.2) is 41.6 Å². The van der Waals surface area contributed by atoms with E-state index in [1.807, 2.05) is 11.8 Å². The van der Waals surface area contributed by atoms with Crippen LogP contribution in [-0.2, 0) is 0 Å². The molecular formula is C12H22N2S. The van der Waals surface area contributed by atoms with E-state index in [-0.39, 0.29) is 0 Å². The van der Waals surface area contributed by atoms with E-state index in [4.69, 9.17) is 12.2 Å². The molecule has 0 amide bonds. The molecule has 1 rings (SSSR count). The monoisotopic (exact) mass is 226 g/mol. The molecule has 15 heavy (non-hydrogen) atoms. The fourth-order valence-corrected chi connectivity index (χ4v) is 2.73. The molecule has 86 valence electrons. The van der Waals surface area contributed by atoms with Gasteiger partial charge in [0.15, 0.2) is 0 Å². The van der Waals surface area contributed by atoms with Crippen LogP contribution in [0.5, 0.6) is 0 Å². The lowest BCUT2D eigenvalue weighted by Crippen LogP contribution is -2.52. The van der Waals surface area contributed by atoms with Gasteiger partial charge in [-0.2, -0.15) is 0 Å². The molecule has 3 atom stereocenters. The third-order valence-corrected chi connectivity index (χ3v) is 4.31. The highest BCUT2D eigenvalue weighted by molar-refractivity contribution is 7.99.